The summed E-state index contributed by atoms with van der Waals surface area (Å²) in [6, 6.07) is 12.3. The molecule has 8 heteroatoms. The smallest absolute Gasteiger partial charge is 0.269 e. The highest BCUT2D eigenvalue weighted by Gasteiger charge is 2.33. The average Bonchev–Trinajstić information content (AvgIpc) is 3.00. The van der Waals surface area contributed by atoms with Crippen molar-refractivity contribution < 1.29 is 9.72 Å². The van der Waals surface area contributed by atoms with Crippen LogP contribution in [0.25, 0.3) is 6.08 Å². The second-order valence-electron chi connectivity index (χ2n) is 6.95. The standard InChI is InChI=1S/C22H23N3O3S2/c1-15-5-6-16(2)19(13-15)23-22-24(11-4-12-29-3)21(26)20(30-22)14-17-7-9-18(10-8-17)25(27)28/h5-10,13-14H,4,11-12H2,1-3H3. The molecule has 0 spiro atoms. The topological polar surface area (TPSA) is 75.8 Å². The molecular weight excluding hydrogens is 418 g/mol. The quantitative estimate of drug-likeness (QED) is 0.243. The number of nitro benzene ring substituents is 1. The number of benzene rings is 2. The third-order valence-corrected chi connectivity index (χ3v) is 6.30. The number of non-ortho nitro benzene ring substituents is 1. The Balaban J connectivity index is 1.93. The van der Waals surface area contributed by atoms with Gasteiger partial charge in [0.25, 0.3) is 11.6 Å². The van der Waals surface area contributed by atoms with E-state index < -0.39 is 4.92 Å². The summed E-state index contributed by atoms with van der Waals surface area (Å²) in [5, 5.41) is 11.5. The molecule has 1 saturated heterocycles. The van der Waals surface area contributed by atoms with Gasteiger partial charge in [0.2, 0.25) is 0 Å². The first kappa shape index (κ1) is 22.1. The van der Waals surface area contributed by atoms with E-state index in [-0.39, 0.29) is 11.6 Å². The van der Waals surface area contributed by atoms with E-state index in [9.17, 15) is 14.9 Å². The van der Waals surface area contributed by atoms with Crippen molar-refractivity contribution in [2.45, 2.75) is 20.3 Å². The lowest BCUT2D eigenvalue weighted by molar-refractivity contribution is -0.384. The number of amidine groups is 1. The largest absolute Gasteiger partial charge is 0.286 e. The summed E-state index contributed by atoms with van der Waals surface area (Å²) in [4.78, 5) is 30.6. The predicted octanol–water partition coefficient (Wildman–Crippen LogP) is 5.57. The van der Waals surface area contributed by atoms with Gasteiger partial charge in [-0.05, 0) is 85.0 Å². The van der Waals surface area contributed by atoms with E-state index in [1.165, 1.54) is 23.9 Å². The number of thioether (sulfide) groups is 2. The Morgan fingerprint density at radius 2 is 1.93 bits per heavy atom. The van der Waals surface area contributed by atoms with Crippen LogP contribution in [0.5, 0.6) is 0 Å². The monoisotopic (exact) mass is 441 g/mol. The fourth-order valence-electron chi connectivity index (χ4n) is 2.94. The number of hydrogen-bond acceptors (Lipinski definition) is 6. The number of amides is 1. The van der Waals surface area contributed by atoms with Crippen molar-refractivity contribution in [1.82, 2.24) is 4.90 Å². The Morgan fingerprint density at radius 1 is 1.20 bits per heavy atom. The van der Waals surface area contributed by atoms with Crippen molar-refractivity contribution in [2.24, 2.45) is 4.99 Å². The molecule has 6 nitrogen and oxygen atoms in total. The highest BCUT2D eigenvalue weighted by molar-refractivity contribution is 8.18. The number of rotatable bonds is 7. The molecule has 156 valence electrons. The van der Waals surface area contributed by atoms with Crippen molar-refractivity contribution in [3.63, 3.8) is 0 Å². The SMILES string of the molecule is CSCCCN1C(=O)C(=Cc2ccc([N+](=O)[O-])cc2)SC1=Nc1cc(C)ccc1C. The van der Waals surface area contributed by atoms with Crippen LogP contribution >= 0.6 is 23.5 Å². The minimum atomic E-state index is -0.436. The van der Waals surface area contributed by atoms with E-state index in [4.69, 9.17) is 4.99 Å². The minimum absolute atomic E-state index is 0.0263. The zero-order chi connectivity index (χ0) is 21.7. The molecule has 30 heavy (non-hydrogen) atoms. The molecule has 0 unspecified atom stereocenters. The van der Waals surface area contributed by atoms with Crippen LogP contribution in [0.4, 0.5) is 11.4 Å². The van der Waals surface area contributed by atoms with Gasteiger partial charge in [-0.3, -0.25) is 19.8 Å². The van der Waals surface area contributed by atoms with Crippen molar-refractivity contribution in [3.05, 3.63) is 74.2 Å². The fourth-order valence-corrected chi connectivity index (χ4v) is 4.38. The Bertz CT molecular complexity index is 1020. The van der Waals surface area contributed by atoms with Gasteiger partial charge in [0, 0.05) is 18.7 Å². The molecule has 1 aliphatic heterocycles. The van der Waals surface area contributed by atoms with Crippen LogP contribution in [0, 0.1) is 24.0 Å². The zero-order valence-corrected chi connectivity index (χ0v) is 18.8. The maximum absolute atomic E-state index is 13.1. The van der Waals surface area contributed by atoms with Crippen LogP contribution in [-0.2, 0) is 4.79 Å². The van der Waals surface area contributed by atoms with Gasteiger partial charge >= 0.3 is 0 Å². The molecule has 3 rings (SSSR count). The highest BCUT2D eigenvalue weighted by atomic mass is 32.2. The first-order valence-corrected chi connectivity index (χ1v) is 11.7. The lowest BCUT2D eigenvalue weighted by Gasteiger charge is -2.15. The molecular formula is C22H23N3O3S2. The van der Waals surface area contributed by atoms with E-state index in [0.29, 0.717) is 16.6 Å². The third kappa shape index (κ3) is 5.31. The highest BCUT2D eigenvalue weighted by Crippen LogP contribution is 2.35. The van der Waals surface area contributed by atoms with Crippen molar-refractivity contribution in [1.29, 1.82) is 0 Å². The number of carbonyl (C=O) groups excluding carboxylic acids is 1. The van der Waals surface area contributed by atoms with Gasteiger partial charge in [-0.25, -0.2) is 4.99 Å². The summed E-state index contributed by atoms with van der Waals surface area (Å²) in [5.41, 5.74) is 3.80. The van der Waals surface area contributed by atoms with Crippen LogP contribution in [0.2, 0.25) is 0 Å². The predicted molar refractivity (Wildman–Crippen MR) is 126 cm³/mol. The van der Waals surface area contributed by atoms with Crippen LogP contribution < -0.4 is 0 Å². The van der Waals surface area contributed by atoms with E-state index in [0.717, 1.165) is 34.6 Å². The van der Waals surface area contributed by atoms with Gasteiger partial charge < -0.3 is 0 Å². The molecule has 1 amide bonds. The summed E-state index contributed by atoms with van der Waals surface area (Å²) in [6.07, 6.45) is 4.69. The van der Waals surface area contributed by atoms with Crippen LogP contribution in [0.1, 0.15) is 23.1 Å². The van der Waals surface area contributed by atoms with Crippen molar-refractivity contribution in [2.75, 3.05) is 18.6 Å². The van der Waals surface area contributed by atoms with Crippen LogP contribution in [-0.4, -0.2) is 39.5 Å². The number of nitro groups is 1. The molecule has 2 aromatic carbocycles. The zero-order valence-electron chi connectivity index (χ0n) is 17.1. The van der Waals surface area contributed by atoms with Gasteiger partial charge in [0.15, 0.2) is 5.17 Å². The lowest BCUT2D eigenvalue weighted by Crippen LogP contribution is -2.30. The molecule has 0 radical (unpaired) electrons. The molecule has 0 aliphatic carbocycles. The number of hydrogen-bond donors (Lipinski definition) is 0. The second kappa shape index (κ2) is 9.95. The molecule has 0 saturated carbocycles. The number of aliphatic imine (C=N–C) groups is 1. The summed E-state index contributed by atoms with van der Waals surface area (Å²) in [6.45, 7) is 4.63. The van der Waals surface area contributed by atoms with Gasteiger partial charge in [-0.2, -0.15) is 11.8 Å². The van der Waals surface area contributed by atoms with E-state index in [1.807, 2.05) is 38.3 Å². The molecule has 1 aliphatic rings. The Labute approximate surface area is 184 Å². The van der Waals surface area contributed by atoms with Gasteiger partial charge in [-0.1, -0.05) is 12.1 Å². The first-order chi connectivity index (χ1) is 14.4. The Kier molecular flexibility index (Phi) is 7.33. The first-order valence-electron chi connectivity index (χ1n) is 9.50. The molecule has 2 aromatic rings. The van der Waals surface area contributed by atoms with E-state index in [2.05, 4.69) is 0 Å². The lowest BCUT2D eigenvalue weighted by atomic mass is 10.1. The summed E-state index contributed by atoms with van der Waals surface area (Å²) in [5.74, 6) is 0.885. The van der Waals surface area contributed by atoms with E-state index >= 15 is 0 Å². The van der Waals surface area contributed by atoms with E-state index in [1.54, 1.807) is 34.9 Å². The maximum Gasteiger partial charge on any atom is 0.269 e. The average molecular weight is 442 g/mol. The molecule has 0 N–H and O–H groups in total. The van der Waals surface area contributed by atoms with Gasteiger partial charge in [-0.15, -0.1) is 0 Å². The minimum Gasteiger partial charge on any atom is -0.286 e. The molecule has 0 aromatic heterocycles. The number of carbonyl (C=O) groups is 1. The Hall–Kier alpha value is -2.58. The van der Waals surface area contributed by atoms with Gasteiger partial charge in [0.05, 0.1) is 15.5 Å². The summed E-state index contributed by atoms with van der Waals surface area (Å²) >= 11 is 3.10. The summed E-state index contributed by atoms with van der Waals surface area (Å²) in [7, 11) is 0. The van der Waals surface area contributed by atoms with Crippen molar-refractivity contribution in [3.8, 4) is 0 Å². The third-order valence-electron chi connectivity index (χ3n) is 4.60. The fraction of sp³-hybridized carbons (Fsp3) is 0.273. The maximum atomic E-state index is 13.1. The molecule has 1 fully saturated rings. The number of aryl methyl sites for hydroxylation is 2. The summed E-state index contributed by atoms with van der Waals surface area (Å²) < 4.78 is 0. The van der Waals surface area contributed by atoms with Crippen LogP contribution in [0.15, 0.2) is 52.4 Å². The molecule has 0 bridgehead atoms. The normalized spacial score (nSPS) is 16.6. The Morgan fingerprint density at radius 3 is 2.60 bits per heavy atom. The molecule has 1 heterocycles. The van der Waals surface area contributed by atoms with Crippen LogP contribution in [0.3, 0.4) is 0 Å². The van der Waals surface area contributed by atoms with Crippen molar-refractivity contribution >= 4 is 52.0 Å². The molecule has 0 atom stereocenters. The number of nitrogens with zero attached hydrogens (tertiary/aromatic N) is 3. The van der Waals surface area contributed by atoms with Gasteiger partial charge in [0.1, 0.15) is 0 Å². The second-order valence-corrected chi connectivity index (χ2v) is 8.94.